The predicted octanol–water partition coefficient (Wildman–Crippen LogP) is 4.76. The van der Waals surface area contributed by atoms with Crippen LogP contribution in [0.3, 0.4) is 0 Å². The molecule has 2 aromatic rings. The van der Waals surface area contributed by atoms with Gasteiger partial charge in [-0.2, -0.15) is 0 Å². The Morgan fingerprint density at radius 2 is 1.85 bits per heavy atom. The van der Waals surface area contributed by atoms with Crippen LogP contribution in [0.5, 0.6) is 0 Å². The molecule has 0 heterocycles. The quantitative estimate of drug-likeness (QED) is 0.858. The van der Waals surface area contributed by atoms with Gasteiger partial charge < -0.3 is 10.6 Å². The van der Waals surface area contributed by atoms with Crippen LogP contribution in [0.25, 0.3) is 0 Å². The minimum atomic E-state index is -0.00155. The third-order valence-corrected chi connectivity index (χ3v) is 4.07. The maximum atomic E-state index is 6.36. The molecule has 0 saturated carbocycles. The van der Waals surface area contributed by atoms with E-state index < -0.39 is 0 Å². The van der Waals surface area contributed by atoms with Gasteiger partial charge >= 0.3 is 0 Å². The van der Waals surface area contributed by atoms with Gasteiger partial charge in [-0.3, -0.25) is 0 Å². The Bertz CT molecular complexity index is 582. The monoisotopic (exact) mass is 352 g/mol. The van der Waals surface area contributed by atoms with Gasteiger partial charge in [0.15, 0.2) is 0 Å². The highest BCUT2D eigenvalue weighted by molar-refractivity contribution is 9.10. The first kappa shape index (κ1) is 15.4. The third-order valence-electron chi connectivity index (χ3n) is 3.24. The Labute approximate surface area is 133 Å². The Hall–Kier alpha value is -1.03. The molecule has 0 aromatic heterocycles. The van der Waals surface area contributed by atoms with Gasteiger partial charge in [0.2, 0.25) is 0 Å². The van der Waals surface area contributed by atoms with Crippen molar-refractivity contribution in [2.45, 2.75) is 19.5 Å². The number of hydrogen-bond donors (Lipinski definition) is 1. The summed E-state index contributed by atoms with van der Waals surface area (Å²) in [5.41, 5.74) is 9.17. The van der Waals surface area contributed by atoms with Gasteiger partial charge in [0.05, 0.1) is 10.7 Å². The summed E-state index contributed by atoms with van der Waals surface area (Å²) >= 11 is 9.80. The molecule has 0 unspecified atom stereocenters. The SMILES string of the molecule is C[C@H](N)c1ccc(N(C)Cc2ccc(Br)cc2)c(Cl)c1. The fraction of sp³-hybridized carbons (Fsp3) is 0.250. The summed E-state index contributed by atoms with van der Waals surface area (Å²) in [5, 5.41) is 0.736. The van der Waals surface area contributed by atoms with Crippen LogP contribution in [0.4, 0.5) is 5.69 Å². The van der Waals surface area contributed by atoms with E-state index >= 15 is 0 Å². The van der Waals surface area contributed by atoms with Crippen LogP contribution in [0.15, 0.2) is 46.9 Å². The maximum absolute atomic E-state index is 6.36. The fourth-order valence-corrected chi connectivity index (χ4v) is 2.66. The summed E-state index contributed by atoms with van der Waals surface area (Å²) in [5.74, 6) is 0. The van der Waals surface area contributed by atoms with Gasteiger partial charge in [-0.25, -0.2) is 0 Å². The molecule has 0 bridgehead atoms. The lowest BCUT2D eigenvalue weighted by molar-refractivity contribution is 0.817. The lowest BCUT2D eigenvalue weighted by Crippen LogP contribution is -2.17. The number of rotatable bonds is 4. The predicted molar refractivity (Wildman–Crippen MR) is 90.3 cm³/mol. The van der Waals surface area contributed by atoms with Crippen LogP contribution >= 0.6 is 27.5 Å². The van der Waals surface area contributed by atoms with Crippen molar-refractivity contribution in [2.24, 2.45) is 5.73 Å². The molecule has 0 radical (unpaired) electrons. The fourth-order valence-electron chi connectivity index (χ4n) is 2.06. The average molecular weight is 354 g/mol. The van der Waals surface area contributed by atoms with Gasteiger partial charge in [-0.15, -0.1) is 0 Å². The van der Waals surface area contributed by atoms with Crippen LogP contribution in [-0.2, 0) is 6.54 Å². The van der Waals surface area contributed by atoms with Crippen LogP contribution in [0, 0.1) is 0 Å². The van der Waals surface area contributed by atoms with Gasteiger partial charge in [-0.05, 0) is 42.3 Å². The molecule has 0 aliphatic carbocycles. The molecule has 2 rings (SSSR count). The molecule has 0 aliphatic rings. The molecule has 0 saturated heterocycles. The minimum Gasteiger partial charge on any atom is -0.369 e. The van der Waals surface area contributed by atoms with Gasteiger partial charge in [0, 0.05) is 24.1 Å². The van der Waals surface area contributed by atoms with E-state index in [0.717, 1.165) is 27.3 Å². The molecule has 2 aromatic carbocycles. The minimum absolute atomic E-state index is 0.00155. The highest BCUT2D eigenvalue weighted by Crippen LogP contribution is 2.28. The van der Waals surface area contributed by atoms with Crippen molar-refractivity contribution in [2.75, 3.05) is 11.9 Å². The molecule has 0 aliphatic heterocycles. The first-order chi connectivity index (χ1) is 9.47. The summed E-state index contributed by atoms with van der Waals surface area (Å²) in [6.07, 6.45) is 0. The number of nitrogens with zero attached hydrogens (tertiary/aromatic N) is 1. The first-order valence-corrected chi connectivity index (χ1v) is 7.65. The summed E-state index contributed by atoms with van der Waals surface area (Å²) in [6, 6.07) is 14.3. The number of anilines is 1. The van der Waals surface area contributed by atoms with E-state index in [2.05, 4.69) is 33.0 Å². The van der Waals surface area contributed by atoms with Gasteiger partial charge in [0.25, 0.3) is 0 Å². The molecule has 2 N–H and O–H groups in total. The Balaban J connectivity index is 2.16. The third kappa shape index (κ3) is 3.75. The van der Waals surface area contributed by atoms with E-state index in [-0.39, 0.29) is 6.04 Å². The van der Waals surface area contributed by atoms with Crippen molar-refractivity contribution in [1.29, 1.82) is 0 Å². The second kappa shape index (κ2) is 6.61. The average Bonchev–Trinajstić information content (AvgIpc) is 2.41. The van der Waals surface area contributed by atoms with Gasteiger partial charge in [0.1, 0.15) is 0 Å². The first-order valence-electron chi connectivity index (χ1n) is 6.48. The van der Waals surface area contributed by atoms with E-state index in [1.54, 1.807) is 0 Å². The highest BCUT2D eigenvalue weighted by Gasteiger charge is 2.09. The Morgan fingerprint density at radius 3 is 2.40 bits per heavy atom. The number of nitrogens with two attached hydrogens (primary N) is 1. The van der Waals surface area contributed by atoms with Crippen LogP contribution in [-0.4, -0.2) is 7.05 Å². The van der Waals surface area contributed by atoms with E-state index in [1.165, 1.54) is 5.56 Å². The molecular weight excluding hydrogens is 336 g/mol. The van der Waals surface area contributed by atoms with Crippen molar-refractivity contribution in [1.82, 2.24) is 0 Å². The molecule has 4 heteroatoms. The molecule has 1 atom stereocenters. The van der Waals surface area contributed by atoms with E-state index in [1.807, 2.05) is 44.3 Å². The molecular formula is C16H18BrClN2. The Morgan fingerprint density at radius 1 is 1.20 bits per heavy atom. The molecule has 0 spiro atoms. The van der Waals surface area contributed by atoms with E-state index in [9.17, 15) is 0 Å². The number of halogens is 2. The second-order valence-corrected chi connectivity index (χ2v) is 6.30. The van der Waals surface area contributed by atoms with E-state index in [4.69, 9.17) is 17.3 Å². The zero-order valence-corrected chi connectivity index (χ0v) is 13.9. The van der Waals surface area contributed by atoms with Crippen LogP contribution in [0.1, 0.15) is 24.1 Å². The standard InChI is InChI=1S/C16H18BrClN2/c1-11(19)13-5-8-16(15(18)9-13)20(2)10-12-3-6-14(17)7-4-12/h3-9,11H,10,19H2,1-2H3/t11-/m0/s1. The zero-order valence-electron chi connectivity index (χ0n) is 11.6. The normalized spacial score (nSPS) is 12.2. The summed E-state index contributed by atoms with van der Waals surface area (Å²) in [7, 11) is 2.04. The number of hydrogen-bond acceptors (Lipinski definition) is 2. The largest absolute Gasteiger partial charge is 0.369 e. The molecule has 2 nitrogen and oxygen atoms in total. The van der Waals surface area contributed by atoms with Crippen molar-refractivity contribution < 1.29 is 0 Å². The zero-order chi connectivity index (χ0) is 14.7. The summed E-state index contributed by atoms with van der Waals surface area (Å²) in [4.78, 5) is 2.14. The lowest BCUT2D eigenvalue weighted by Gasteiger charge is -2.21. The van der Waals surface area contributed by atoms with Crippen LogP contribution in [0.2, 0.25) is 5.02 Å². The summed E-state index contributed by atoms with van der Waals surface area (Å²) < 4.78 is 1.09. The molecule has 0 fully saturated rings. The second-order valence-electron chi connectivity index (χ2n) is 4.98. The number of benzene rings is 2. The van der Waals surface area contributed by atoms with Crippen molar-refractivity contribution in [3.8, 4) is 0 Å². The molecule has 106 valence electrons. The topological polar surface area (TPSA) is 29.3 Å². The van der Waals surface area contributed by atoms with E-state index in [0.29, 0.717) is 0 Å². The Kier molecular flexibility index (Phi) is 5.08. The smallest absolute Gasteiger partial charge is 0.0642 e. The highest BCUT2D eigenvalue weighted by atomic mass is 79.9. The molecule has 0 amide bonds. The molecule has 20 heavy (non-hydrogen) atoms. The van der Waals surface area contributed by atoms with Crippen molar-refractivity contribution >= 4 is 33.2 Å². The van der Waals surface area contributed by atoms with Crippen molar-refractivity contribution in [3.05, 3.63) is 63.1 Å². The van der Waals surface area contributed by atoms with Gasteiger partial charge in [-0.1, -0.05) is 45.7 Å². The maximum Gasteiger partial charge on any atom is 0.0642 e. The lowest BCUT2D eigenvalue weighted by atomic mass is 10.1. The van der Waals surface area contributed by atoms with Crippen molar-refractivity contribution in [3.63, 3.8) is 0 Å². The summed E-state index contributed by atoms with van der Waals surface area (Å²) in [6.45, 7) is 2.77. The van der Waals surface area contributed by atoms with Crippen LogP contribution < -0.4 is 10.6 Å².